The van der Waals surface area contributed by atoms with Crippen molar-refractivity contribution < 1.29 is 14.3 Å². The fourth-order valence-corrected chi connectivity index (χ4v) is 1.87. The molecule has 1 aromatic carbocycles. The number of carbonyl (C=O) groups is 1. The Kier molecular flexibility index (Phi) is 3.52. The van der Waals surface area contributed by atoms with Gasteiger partial charge in [0.15, 0.2) is 5.75 Å². The summed E-state index contributed by atoms with van der Waals surface area (Å²) in [5.41, 5.74) is 6.58. The lowest BCUT2D eigenvalue weighted by atomic mass is 9.86. The number of nitrogens with two attached hydrogens (primary N) is 1. The molecule has 4 heteroatoms. The summed E-state index contributed by atoms with van der Waals surface area (Å²) in [4.78, 5) is 11.9. The van der Waals surface area contributed by atoms with E-state index in [2.05, 4.69) is 0 Å². The van der Waals surface area contributed by atoms with Crippen molar-refractivity contribution in [1.82, 2.24) is 0 Å². The maximum atomic E-state index is 11.9. The maximum Gasteiger partial charge on any atom is 0.342 e. The SMILES string of the molecule is COc1c(N)cccc1C(=O)OCC1CCC1. The van der Waals surface area contributed by atoms with Gasteiger partial charge in [0.2, 0.25) is 0 Å². The van der Waals surface area contributed by atoms with Crippen molar-refractivity contribution in [2.75, 3.05) is 19.5 Å². The molecule has 1 aliphatic carbocycles. The molecule has 0 bridgehead atoms. The van der Waals surface area contributed by atoms with E-state index in [9.17, 15) is 4.79 Å². The number of benzene rings is 1. The number of hydrogen-bond donors (Lipinski definition) is 1. The number of ether oxygens (including phenoxy) is 2. The van der Waals surface area contributed by atoms with Gasteiger partial charge in [0, 0.05) is 0 Å². The highest BCUT2D eigenvalue weighted by atomic mass is 16.5. The van der Waals surface area contributed by atoms with Gasteiger partial charge in [-0.2, -0.15) is 0 Å². The van der Waals surface area contributed by atoms with Gasteiger partial charge in [-0.05, 0) is 30.9 Å². The molecule has 1 aromatic rings. The van der Waals surface area contributed by atoms with Crippen LogP contribution in [0.25, 0.3) is 0 Å². The van der Waals surface area contributed by atoms with E-state index in [0.29, 0.717) is 29.5 Å². The fourth-order valence-electron chi connectivity index (χ4n) is 1.87. The highest BCUT2D eigenvalue weighted by Gasteiger charge is 2.21. The maximum absolute atomic E-state index is 11.9. The number of esters is 1. The Labute approximate surface area is 101 Å². The van der Waals surface area contributed by atoms with Crippen molar-refractivity contribution in [3.8, 4) is 5.75 Å². The van der Waals surface area contributed by atoms with Crippen LogP contribution in [0.2, 0.25) is 0 Å². The molecule has 1 aliphatic rings. The van der Waals surface area contributed by atoms with Crippen LogP contribution in [0.15, 0.2) is 18.2 Å². The predicted molar refractivity (Wildman–Crippen MR) is 65.0 cm³/mol. The zero-order valence-corrected chi connectivity index (χ0v) is 9.94. The number of nitrogen functional groups attached to an aromatic ring is 1. The third kappa shape index (κ3) is 2.52. The van der Waals surface area contributed by atoms with Gasteiger partial charge in [0.25, 0.3) is 0 Å². The molecule has 2 N–H and O–H groups in total. The van der Waals surface area contributed by atoms with Crippen LogP contribution >= 0.6 is 0 Å². The third-order valence-corrected chi connectivity index (χ3v) is 3.14. The highest BCUT2D eigenvalue weighted by molar-refractivity contribution is 5.94. The molecule has 0 saturated heterocycles. The molecule has 0 spiro atoms. The van der Waals surface area contributed by atoms with E-state index in [0.717, 1.165) is 12.8 Å². The predicted octanol–water partition coefficient (Wildman–Crippen LogP) is 2.23. The standard InChI is InChI=1S/C13H17NO3/c1-16-12-10(6-3-7-11(12)14)13(15)17-8-9-4-2-5-9/h3,6-7,9H,2,4-5,8,14H2,1H3. The molecule has 4 nitrogen and oxygen atoms in total. The van der Waals surface area contributed by atoms with E-state index in [1.54, 1.807) is 18.2 Å². The second-order valence-corrected chi connectivity index (χ2v) is 4.32. The average Bonchev–Trinajstić information content (AvgIpc) is 2.26. The van der Waals surface area contributed by atoms with Gasteiger partial charge < -0.3 is 15.2 Å². The van der Waals surface area contributed by atoms with Crippen LogP contribution in [0.3, 0.4) is 0 Å². The molecule has 17 heavy (non-hydrogen) atoms. The molecular weight excluding hydrogens is 218 g/mol. The number of anilines is 1. The van der Waals surface area contributed by atoms with Gasteiger partial charge in [0.05, 0.1) is 19.4 Å². The Morgan fingerprint density at radius 2 is 2.24 bits per heavy atom. The minimum Gasteiger partial charge on any atom is -0.494 e. The van der Waals surface area contributed by atoms with E-state index in [1.165, 1.54) is 13.5 Å². The van der Waals surface area contributed by atoms with E-state index < -0.39 is 0 Å². The quantitative estimate of drug-likeness (QED) is 0.642. The number of rotatable bonds is 4. The normalized spacial score (nSPS) is 15.1. The van der Waals surface area contributed by atoms with Crippen molar-refractivity contribution in [1.29, 1.82) is 0 Å². The molecule has 0 unspecified atom stereocenters. The van der Waals surface area contributed by atoms with Crippen molar-refractivity contribution >= 4 is 11.7 Å². The molecule has 2 rings (SSSR count). The summed E-state index contributed by atoms with van der Waals surface area (Å²) in [5, 5.41) is 0. The van der Waals surface area contributed by atoms with Crippen molar-refractivity contribution in [3.05, 3.63) is 23.8 Å². The molecule has 0 atom stereocenters. The molecule has 0 radical (unpaired) electrons. The lowest BCUT2D eigenvalue weighted by molar-refractivity contribution is 0.0368. The smallest absolute Gasteiger partial charge is 0.342 e. The summed E-state index contributed by atoms with van der Waals surface area (Å²) in [7, 11) is 1.49. The van der Waals surface area contributed by atoms with E-state index >= 15 is 0 Å². The minimum atomic E-state index is -0.360. The molecule has 1 saturated carbocycles. The number of hydrogen-bond acceptors (Lipinski definition) is 4. The zero-order chi connectivity index (χ0) is 12.3. The summed E-state index contributed by atoms with van der Waals surface area (Å²) in [6.45, 7) is 0.497. The molecule has 92 valence electrons. The third-order valence-electron chi connectivity index (χ3n) is 3.14. The fraction of sp³-hybridized carbons (Fsp3) is 0.462. The first-order valence-corrected chi connectivity index (χ1v) is 5.82. The van der Waals surface area contributed by atoms with Gasteiger partial charge in [0.1, 0.15) is 5.56 Å². The topological polar surface area (TPSA) is 61.5 Å². The van der Waals surface area contributed by atoms with Crippen LogP contribution < -0.4 is 10.5 Å². The van der Waals surface area contributed by atoms with Gasteiger partial charge in [-0.3, -0.25) is 0 Å². The Balaban J connectivity index is 2.04. The number of carbonyl (C=O) groups excluding carboxylic acids is 1. The molecule has 1 fully saturated rings. The van der Waals surface area contributed by atoms with Crippen molar-refractivity contribution in [3.63, 3.8) is 0 Å². The molecule has 0 aliphatic heterocycles. The molecule has 0 amide bonds. The van der Waals surface area contributed by atoms with Gasteiger partial charge in [-0.25, -0.2) is 4.79 Å². The Hall–Kier alpha value is -1.71. The second kappa shape index (κ2) is 5.08. The first kappa shape index (κ1) is 11.8. The molecule has 0 heterocycles. The van der Waals surface area contributed by atoms with Crippen molar-refractivity contribution in [2.45, 2.75) is 19.3 Å². The van der Waals surface area contributed by atoms with Crippen LogP contribution in [-0.2, 0) is 4.74 Å². The minimum absolute atomic E-state index is 0.360. The summed E-state index contributed by atoms with van der Waals surface area (Å²) in [6, 6.07) is 5.08. The Bertz CT molecular complexity index is 413. The van der Waals surface area contributed by atoms with Gasteiger partial charge in [-0.15, -0.1) is 0 Å². The number of methoxy groups -OCH3 is 1. The van der Waals surface area contributed by atoms with Crippen LogP contribution in [0.4, 0.5) is 5.69 Å². The summed E-state index contributed by atoms with van der Waals surface area (Å²) in [6.07, 6.45) is 3.55. The first-order chi connectivity index (χ1) is 8.22. The van der Waals surface area contributed by atoms with Crippen LogP contribution in [0.5, 0.6) is 5.75 Å². The van der Waals surface area contributed by atoms with Crippen LogP contribution in [-0.4, -0.2) is 19.7 Å². The summed E-state index contributed by atoms with van der Waals surface area (Å²) < 4.78 is 10.4. The lowest BCUT2D eigenvalue weighted by Gasteiger charge is -2.24. The Morgan fingerprint density at radius 3 is 2.82 bits per heavy atom. The van der Waals surface area contributed by atoms with Gasteiger partial charge in [-0.1, -0.05) is 12.5 Å². The van der Waals surface area contributed by atoms with Crippen LogP contribution in [0, 0.1) is 5.92 Å². The largest absolute Gasteiger partial charge is 0.494 e. The Morgan fingerprint density at radius 1 is 1.47 bits per heavy atom. The van der Waals surface area contributed by atoms with Crippen molar-refractivity contribution in [2.24, 2.45) is 5.92 Å². The summed E-state index contributed by atoms with van der Waals surface area (Å²) in [5.74, 6) is 0.568. The molecule has 0 aromatic heterocycles. The zero-order valence-electron chi connectivity index (χ0n) is 9.94. The first-order valence-electron chi connectivity index (χ1n) is 5.82. The lowest BCUT2D eigenvalue weighted by Crippen LogP contribution is -2.20. The summed E-state index contributed by atoms with van der Waals surface area (Å²) >= 11 is 0. The number of para-hydroxylation sites is 1. The monoisotopic (exact) mass is 235 g/mol. The van der Waals surface area contributed by atoms with E-state index in [-0.39, 0.29) is 5.97 Å². The van der Waals surface area contributed by atoms with E-state index in [1.807, 2.05) is 0 Å². The van der Waals surface area contributed by atoms with E-state index in [4.69, 9.17) is 15.2 Å². The second-order valence-electron chi connectivity index (χ2n) is 4.32. The van der Waals surface area contributed by atoms with Gasteiger partial charge >= 0.3 is 5.97 Å². The highest BCUT2D eigenvalue weighted by Crippen LogP contribution is 2.29. The van der Waals surface area contributed by atoms with Crippen LogP contribution in [0.1, 0.15) is 29.6 Å². The molecular formula is C13H17NO3. The average molecular weight is 235 g/mol.